The third-order valence-corrected chi connectivity index (χ3v) is 4.20. The number of thiocarbonyl (C=S) groups is 1. The lowest BCUT2D eigenvalue weighted by Gasteiger charge is -2.25. The average molecular weight is 437 g/mol. The van der Waals surface area contributed by atoms with Gasteiger partial charge >= 0.3 is 17.9 Å². The van der Waals surface area contributed by atoms with E-state index in [4.69, 9.17) is 10.2 Å². The van der Waals surface area contributed by atoms with Crippen molar-refractivity contribution < 1.29 is 34.5 Å². The van der Waals surface area contributed by atoms with Crippen LogP contribution in [0.5, 0.6) is 0 Å². The number of carbonyl (C=O) groups excluding carboxylic acids is 1. The Morgan fingerprint density at radius 1 is 1.03 bits per heavy atom. The molecule has 162 valence electrons. The first-order valence-electron chi connectivity index (χ1n) is 9.07. The van der Waals surface area contributed by atoms with Gasteiger partial charge in [-0.1, -0.05) is 12.1 Å². The Labute approximate surface area is 178 Å². The van der Waals surface area contributed by atoms with Crippen molar-refractivity contribution in [2.24, 2.45) is 4.99 Å². The maximum Gasteiger partial charge on any atom is 0.320 e. The highest BCUT2D eigenvalue weighted by Gasteiger charge is 2.28. The molecule has 0 aliphatic carbocycles. The number of carbonyl (C=O) groups is 4. The SMILES string of the molecule is O=C(O)CN(CC(=O)O)C(CCCCNC(=O)Cc1ccc(N=C=S)cc1)C(=O)O. The first-order chi connectivity index (χ1) is 14.2. The number of nitrogens with zero attached hydrogens (tertiary/aromatic N) is 2. The number of isothiocyanates is 1. The maximum absolute atomic E-state index is 12.0. The molecule has 0 fully saturated rings. The molecule has 1 aromatic carbocycles. The Hall–Kier alpha value is -3.14. The number of unbranched alkanes of at least 4 members (excludes halogenated alkanes) is 1. The molecule has 0 radical (unpaired) electrons. The highest BCUT2D eigenvalue weighted by Crippen LogP contribution is 2.13. The van der Waals surface area contributed by atoms with E-state index in [1.54, 1.807) is 24.3 Å². The fourth-order valence-electron chi connectivity index (χ4n) is 2.77. The van der Waals surface area contributed by atoms with Crippen LogP contribution in [0.15, 0.2) is 29.3 Å². The first-order valence-corrected chi connectivity index (χ1v) is 9.47. The van der Waals surface area contributed by atoms with Gasteiger partial charge in [-0.05, 0) is 49.2 Å². The minimum Gasteiger partial charge on any atom is -0.480 e. The van der Waals surface area contributed by atoms with Gasteiger partial charge in [0, 0.05) is 6.54 Å². The van der Waals surface area contributed by atoms with Crippen LogP contribution in [0, 0.1) is 0 Å². The van der Waals surface area contributed by atoms with Crippen LogP contribution in [0.2, 0.25) is 0 Å². The summed E-state index contributed by atoms with van der Waals surface area (Å²) >= 11 is 4.52. The van der Waals surface area contributed by atoms with Gasteiger partial charge in [0.2, 0.25) is 5.91 Å². The Morgan fingerprint density at radius 3 is 2.13 bits per heavy atom. The first kappa shape index (κ1) is 24.9. The van der Waals surface area contributed by atoms with Crippen molar-refractivity contribution in [1.82, 2.24) is 10.2 Å². The lowest BCUT2D eigenvalue weighted by atomic mass is 10.1. The van der Waals surface area contributed by atoms with Gasteiger partial charge in [-0.3, -0.25) is 24.1 Å². The van der Waals surface area contributed by atoms with Crippen LogP contribution in [0.1, 0.15) is 24.8 Å². The highest BCUT2D eigenvalue weighted by atomic mass is 32.1. The largest absolute Gasteiger partial charge is 0.480 e. The number of aliphatic imine (C=N–C) groups is 1. The summed E-state index contributed by atoms with van der Waals surface area (Å²) in [5, 5.41) is 32.0. The van der Waals surface area contributed by atoms with Crippen LogP contribution in [0.4, 0.5) is 5.69 Å². The van der Waals surface area contributed by atoms with E-state index in [9.17, 15) is 24.3 Å². The summed E-state index contributed by atoms with van der Waals surface area (Å²) in [7, 11) is 0. The van der Waals surface area contributed by atoms with Crippen molar-refractivity contribution in [3.63, 3.8) is 0 Å². The quantitative estimate of drug-likeness (QED) is 0.190. The second kappa shape index (κ2) is 13.2. The minimum atomic E-state index is -1.31. The number of hydrogen-bond acceptors (Lipinski definition) is 7. The van der Waals surface area contributed by atoms with Gasteiger partial charge in [0.15, 0.2) is 0 Å². The van der Waals surface area contributed by atoms with Crippen molar-refractivity contribution in [1.29, 1.82) is 0 Å². The molecule has 0 aromatic heterocycles. The number of carboxylic acids is 3. The normalized spacial score (nSPS) is 11.4. The Morgan fingerprint density at radius 2 is 1.63 bits per heavy atom. The predicted molar refractivity (Wildman–Crippen MR) is 110 cm³/mol. The summed E-state index contributed by atoms with van der Waals surface area (Å²) in [5.74, 6) is -4.11. The van der Waals surface area contributed by atoms with Gasteiger partial charge in [0.25, 0.3) is 0 Å². The van der Waals surface area contributed by atoms with Gasteiger partial charge in [0.1, 0.15) is 6.04 Å². The zero-order valence-electron chi connectivity index (χ0n) is 16.1. The summed E-state index contributed by atoms with van der Waals surface area (Å²) in [6, 6.07) is 5.70. The predicted octanol–water partition coefficient (Wildman–Crippen LogP) is 1.17. The fraction of sp³-hybridized carbons (Fsp3) is 0.421. The van der Waals surface area contributed by atoms with Crippen molar-refractivity contribution in [3.8, 4) is 0 Å². The van der Waals surface area contributed by atoms with Crippen LogP contribution in [0.25, 0.3) is 0 Å². The van der Waals surface area contributed by atoms with E-state index < -0.39 is 37.0 Å². The van der Waals surface area contributed by atoms with Gasteiger partial charge < -0.3 is 20.6 Å². The molecule has 1 atom stereocenters. The molecule has 0 spiro atoms. The fourth-order valence-corrected chi connectivity index (χ4v) is 2.87. The smallest absolute Gasteiger partial charge is 0.320 e. The van der Waals surface area contributed by atoms with Crippen LogP contribution in [0.3, 0.4) is 0 Å². The van der Waals surface area contributed by atoms with E-state index in [0.717, 1.165) is 10.5 Å². The standard InChI is InChI=1S/C19H23N3O7S/c23-16(9-13-4-6-14(7-5-13)21-12-30)20-8-2-1-3-15(19(28)29)22(10-17(24)25)11-18(26)27/h4-7,15H,1-3,8-11H2,(H,20,23)(H,24,25)(H,26,27)(H,28,29). The van der Waals surface area contributed by atoms with Gasteiger partial charge in [0.05, 0.1) is 30.4 Å². The number of carboxylic acid groups (broad SMARTS) is 3. The van der Waals surface area contributed by atoms with E-state index >= 15 is 0 Å². The molecule has 0 heterocycles. The van der Waals surface area contributed by atoms with Crippen molar-refractivity contribution >= 4 is 46.9 Å². The molecule has 0 aliphatic heterocycles. The van der Waals surface area contributed by atoms with Crippen LogP contribution < -0.4 is 5.32 Å². The monoisotopic (exact) mass is 437 g/mol. The van der Waals surface area contributed by atoms with Crippen molar-refractivity contribution in [3.05, 3.63) is 29.8 Å². The molecule has 10 nitrogen and oxygen atoms in total. The summed E-state index contributed by atoms with van der Waals surface area (Å²) in [4.78, 5) is 49.9. The van der Waals surface area contributed by atoms with Gasteiger partial charge in [-0.2, -0.15) is 4.99 Å². The molecule has 1 amide bonds. The number of hydrogen-bond donors (Lipinski definition) is 4. The lowest BCUT2D eigenvalue weighted by Crippen LogP contribution is -2.46. The molecule has 1 rings (SSSR count). The topological polar surface area (TPSA) is 157 Å². The summed E-state index contributed by atoms with van der Waals surface area (Å²) < 4.78 is 0. The zero-order valence-corrected chi connectivity index (χ0v) is 16.9. The number of amides is 1. The Balaban J connectivity index is 2.44. The zero-order chi connectivity index (χ0) is 22.5. The van der Waals surface area contributed by atoms with E-state index in [0.29, 0.717) is 25.1 Å². The Bertz CT molecular complexity index is 791. The van der Waals surface area contributed by atoms with Crippen LogP contribution >= 0.6 is 12.2 Å². The van der Waals surface area contributed by atoms with Gasteiger partial charge in [-0.15, -0.1) is 0 Å². The third kappa shape index (κ3) is 9.87. The molecular formula is C19H23N3O7S. The third-order valence-electron chi connectivity index (χ3n) is 4.10. The molecule has 0 saturated heterocycles. The summed E-state index contributed by atoms with van der Waals surface area (Å²) in [5.41, 5.74) is 1.43. The molecule has 0 bridgehead atoms. The molecule has 30 heavy (non-hydrogen) atoms. The summed E-state index contributed by atoms with van der Waals surface area (Å²) in [6.45, 7) is -1.06. The highest BCUT2D eigenvalue weighted by molar-refractivity contribution is 7.78. The van der Waals surface area contributed by atoms with E-state index in [1.807, 2.05) is 0 Å². The molecule has 1 unspecified atom stereocenters. The second-order valence-corrected chi connectivity index (χ2v) is 6.62. The number of aliphatic carboxylic acids is 3. The van der Waals surface area contributed by atoms with E-state index in [2.05, 4.69) is 27.7 Å². The van der Waals surface area contributed by atoms with Crippen LogP contribution in [-0.4, -0.2) is 74.9 Å². The van der Waals surface area contributed by atoms with Crippen LogP contribution in [-0.2, 0) is 25.6 Å². The van der Waals surface area contributed by atoms with E-state index in [1.165, 1.54) is 0 Å². The number of benzene rings is 1. The molecule has 0 aliphatic rings. The molecule has 1 aromatic rings. The minimum absolute atomic E-state index is 0.0631. The summed E-state index contributed by atoms with van der Waals surface area (Å²) in [6.07, 6.45) is 1.07. The van der Waals surface area contributed by atoms with Crippen molar-refractivity contribution in [2.75, 3.05) is 19.6 Å². The van der Waals surface area contributed by atoms with Crippen molar-refractivity contribution in [2.45, 2.75) is 31.7 Å². The molecule has 4 N–H and O–H groups in total. The number of nitrogens with one attached hydrogen (secondary N) is 1. The molecule has 0 saturated carbocycles. The number of rotatable bonds is 14. The Kier molecular flexibility index (Phi) is 10.9. The molecule has 11 heteroatoms. The second-order valence-electron chi connectivity index (χ2n) is 6.44. The molecular weight excluding hydrogens is 414 g/mol. The van der Waals surface area contributed by atoms with E-state index in [-0.39, 0.29) is 18.7 Å². The maximum atomic E-state index is 12.0. The van der Waals surface area contributed by atoms with Gasteiger partial charge in [-0.25, -0.2) is 0 Å². The average Bonchev–Trinajstić information content (AvgIpc) is 2.65. The lowest BCUT2D eigenvalue weighted by molar-refractivity contribution is -0.149.